The van der Waals surface area contributed by atoms with Crippen molar-refractivity contribution in [2.45, 2.75) is 18.6 Å². The molecule has 94 valence electrons. The van der Waals surface area contributed by atoms with E-state index in [-0.39, 0.29) is 5.91 Å². The Balaban J connectivity index is 2.08. The van der Waals surface area contributed by atoms with Gasteiger partial charge in [-0.3, -0.25) is 4.79 Å². The molecule has 1 amide bonds. The summed E-state index contributed by atoms with van der Waals surface area (Å²) in [7, 11) is 0. The van der Waals surface area contributed by atoms with Crippen LogP contribution in [0.3, 0.4) is 0 Å². The summed E-state index contributed by atoms with van der Waals surface area (Å²) in [6.45, 7) is 3.72. The van der Waals surface area contributed by atoms with E-state index in [0.29, 0.717) is 16.5 Å². The van der Waals surface area contributed by atoms with Crippen molar-refractivity contribution < 1.29 is 4.79 Å². The largest absolute Gasteiger partial charge is 0.335 e. The molecule has 1 aromatic heterocycles. The Morgan fingerprint density at radius 2 is 2.50 bits per heavy atom. The molecule has 0 N–H and O–H groups in total. The van der Waals surface area contributed by atoms with E-state index in [9.17, 15) is 4.79 Å². The quantitative estimate of drug-likeness (QED) is 0.816. The third-order valence-electron chi connectivity index (χ3n) is 2.99. The molecule has 1 aliphatic heterocycles. The molecule has 1 aliphatic rings. The van der Waals surface area contributed by atoms with Crippen molar-refractivity contribution in [1.82, 2.24) is 9.88 Å². The number of hydrogen-bond donors (Lipinski definition) is 0. The highest BCUT2D eigenvalue weighted by Crippen LogP contribution is 2.22. The second-order valence-corrected chi connectivity index (χ2v) is 5.60. The lowest BCUT2D eigenvalue weighted by Crippen LogP contribution is -2.42. The first-order chi connectivity index (χ1) is 8.74. The topological polar surface area (TPSA) is 57.0 Å². The molecule has 0 radical (unpaired) electrons. The van der Waals surface area contributed by atoms with Gasteiger partial charge in [-0.2, -0.15) is 17.0 Å². The zero-order valence-electron chi connectivity index (χ0n) is 10.3. The van der Waals surface area contributed by atoms with Crippen molar-refractivity contribution in [3.8, 4) is 6.07 Å². The van der Waals surface area contributed by atoms with E-state index in [2.05, 4.69) is 11.9 Å². The maximum absolute atomic E-state index is 12.2. The predicted octanol–water partition coefficient (Wildman–Crippen LogP) is 1.92. The minimum Gasteiger partial charge on any atom is -0.335 e. The Labute approximate surface area is 111 Å². The van der Waals surface area contributed by atoms with Crippen LogP contribution < -0.4 is 0 Å². The van der Waals surface area contributed by atoms with Crippen LogP contribution in [0.1, 0.15) is 29.4 Å². The van der Waals surface area contributed by atoms with Crippen LogP contribution in [0.15, 0.2) is 18.3 Å². The molecule has 5 heteroatoms. The smallest absolute Gasteiger partial charge is 0.272 e. The fourth-order valence-electron chi connectivity index (χ4n) is 1.90. The van der Waals surface area contributed by atoms with Gasteiger partial charge in [0.25, 0.3) is 5.91 Å². The summed E-state index contributed by atoms with van der Waals surface area (Å²) in [5, 5.41) is 9.22. The van der Waals surface area contributed by atoms with Crippen LogP contribution in [0.25, 0.3) is 0 Å². The highest BCUT2D eigenvalue weighted by Gasteiger charge is 2.24. The van der Waals surface area contributed by atoms with Gasteiger partial charge in [0.15, 0.2) is 0 Å². The number of carbonyl (C=O) groups is 1. The first kappa shape index (κ1) is 12.9. The van der Waals surface area contributed by atoms with Gasteiger partial charge in [0.2, 0.25) is 0 Å². The van der Waals surface area contributed by atoms with Gasteiger partial charge >= 0.3 is 0 Å². The van der Waals surface area contributed by atoms with Gasteiger partial charge < -0.3 is 4.90 Å². The molecule has 0 aromatic carbocycles. The van der Waals surface area contributed by atoms with E-state index in [1.807, 2.05) is 22.7 Å². The van der Waals surface area contributed by atoms with Crippen LogP contribution in [0.2, 0.25) is 0 Å². The van der Waals surface area contributed by atoms with Crippen molar-refractivity contribution in [1.29, 1.82) is 5.26 Å². The molecule has 1 fully saturated rings. The number of carbonyl (C=O) groups excluding carboxylic acids is 1. The molecule has 1 atom stereocenters. The predicted molar refractivity (Wildman–Crippen MR) is 71.4 cm³/mol. The van der Waals surface area contributed by atoms with Gasteiger partial charge in [0.05, 0.1) is 5.56 Å². The first-order valence-electron chi connectivity index (χ1n) is 6.01. The zero-order valence-corrected chi connectivity index (χ0v) is 11.1. The minimum atomic E-state index is -0.0294. The number of pyridine rings is 1. The number of nitriles is 1. The Kier molecular flexibility index (Phi) is 4.21. The van der Waals surface area contributed by atoms with Crippen molar-refractivity contribution in [2.75, 3.05) is 18.8 Å². The molecule has 2 rings (SSSR count). The average molecular weight is 261 g/mol. The Morgan fingerprint density at radius 3 is 3.11 bits per heavy atom. The monoisotopic (exact) mass is 261 g/mol. The summed E-state index contributed by atoms with van der Waals surface area (Å²) in [6, 6.07) is 5.26. The summed E-state index contributed by atoms with van der Waals surface area (Å²) >= 11 is 1.93. The second kappa shape index (κ2) is 5.87. The normalized spacial score (nSPS) is 19.3. The fraction of sp³-hybridized carbons (Fsp3) is 0.462. The van der Waals surface area contributed by atoms with Crippen molar-refractivity contribution >= 4 is 17.7 Å². The van der Waals surface area contributed by atoms with Crippen LogP contribution in [0.5, 0.6) is 0 Å². The summed E-state index contributed by atoms with van der Waals surface area (Å²) < 4.78 is 0. The molecule has 0 bridgehead atoms. The average Bonchev–Trinajstić information content (AvgIpc) is 2.46. The fourth-order valence-corrected chi connectivity index (χ4v) is 3.08. The van der Waals surface area contributed by atoms with Gasteiger partial charge in [0.1, 0.15) is 11.8 Å². The van der Waals surface area contributed by atoms with Crippen LogP contribution in [0.4, 0.5) is 0 Å². The Morgan fingerprint density at radius 1 is 1.67 bits per heavy atom. The maximum atomic E-state index is 12.2. The highest BCUT2D eigenvalue weighted by atomic mass is 32.2. The first-order valence-corrected chi connectivity index (χ1v) is 7.06. The number of thioether (sulfide) groups is 1. The number of nitrogens with zero attached hydrogens (tertiary/aromatic N) is 3. The van der Waals surface area contributed by atoms with Crippen molar-refractivity contribution in [3.05, 3.63) is 29.6 Å². The lowest BCUT2D eigenvalue weighted by atomic mass is 10.2. The minimum absolute atomic E-state index is 0.0294. The van der Waals surface area contributed by atoms with Gasteiger partial charge in [-0.05, 0) is 18.6 Å². The van der Waals surface area contributed by atoms with E-state index < -0.39 is 0 Å². The zero-order chi connectivity index (χ0) is 13.0. The second-order valence-electron chi connectivity index (χ2n) is 4.20. The molecular formula is C13H15N3OS. The number of amides is 1. The van der Waals surface area contributed by atoms with Gasteiger partial charge in [-0.15, -0.1) is 0 Å². The molecule has 2 heterocycles. The maximum Gasteiger partial charge on any atom is 0.272 e. The van der Waals surface area contributed by atoms with E-state index in [1.54, 1.807) is 12.1 Å². The van der Waals surface area contributed by atoms with Crippen LogP contribution in [-0.4, -0.2) is 39.9 Å². The van der Waals surface area contributed by atoms with Crippen molar-refractivity contribution in [3.63, 3.8) is 0 Å². The molecule has 0 spiro atoms. The Bertz CT molecular complexity index is 466. The SMILES string of the molecule is CCC1CN(C(=O)c2ccc(C#N)cn2)CCS1. The van der Waals surface area contributed by atoms with Crippen molar-refractivity contribution in [2.24, 2.45) is 0 Å². The van der Waals surface area contributed by atoms with Gasteiger partial charge in [-0.1, -0.05) is 6.92 Å². The summed E-state index contributed by atoms with van der Waals surface area (Å²) in [5.41, 5.74) is 0.905. The molecule has 1 saturated heterocycles. The van der Waals surface area contributed by atoms with E-state index in [4.69, 9.17) is 5.26 Å². The lowest BCUT2D eigenvalue weighted by Gasteiger charge is -2.31. The number of rotatable bonds is 2. The van der Waals surface area contributed by atoms with Gasteiger partial charge in [-0.25, -0.2) is 4.98 Å². The molecule has 1 unspecified atom stereocenters. The van der Waals surface area contributed by atoms with Crippen LogP contribution in [-0.2, 0) is 0 Å². The molecule has 4 nitrogen and oxygen atoms in total. The summed E-state index contributed by atoms with van der Waals surface area (Å²) in [5.74, 6) is 0.957. The molecule has 1 aromatic rings. The van der Waals surface area contributed by atoms with E-state index in [0.717, 1.165) is 25.3 Å². The standard InChI is InChI=1S/C13H15N3OS/c1-2-11-9-16(5-6-18-11)13(17)12-4-3-10(7-14)8-15-12/h3-4,8,11H,2,5-6,9H2,1H3. The lowest BCUT2D eigenvalue weighted by molar-refractivity contribution is 0.0755. The van der Waals surface area contributed by atoms with E-state index in [1.165, 1.54) is 6.20 Å². The molecule has 0 aliphatic carbocycles. The number of aromatic nitrogens is 1. The number of hydrogen-bond acceptors (Lipinski definition) is 4. The molecule has 0 saturated carbocycles. The van der Waals surface area contributed by atoms with Gasteiger partial charge in [0, 0.05) is 30.3 Å². The van der Waals surface area contributed by atoms with Crippen LogP contribution >= 0.6 is 11.8 Å². The van der Waals surface area contributed by atoms with Crippen LogP contribution in [0, 0.1) is 11.3 Å². The molecule has 18 heavy (non-hydrogen) atoms. The van der Waals surface area contributed by atoms with E-state index >= 15 is 0 Å². The Hall–Kier alpha value is -1.54. The third-order valence-corrected chi connectivity index (χ3v) is 4.37. The molecular weight excluding hydrogens is 246 g/mol. The summed E-state index contributed by atoms with van der Waals surface area (Å²) in [4.78, 5) is 18.1. The third kappa shape index (κ3) is 2.82. The highest BCUT2D eigenvalue weighted by molar-refractivity contribution is 8.00. The summed E-state index contributed by atoms with van der Waals surface area (Å²) in [6.07, 6.45) is 2.53.